The van der Waals surface area contributed by atoms with Crippen molar-refractivity contribution in [3.63, 3.8) is 0 Å². The minimum absolute atomic E-state index is 0.0926. The van der Waals surface area contributed by atoms with E-state index in [1.54, 1.807) is 0 Å². The number of phosphoric ester groups is 2. The molecule has 16 nitrogen and oxygen atoms in total. The summed E-state index contributed by atoms with van der Waals surface area (Å²) in [7, 11) is -9.79. The van der Waals surface area contributed by atoms with Gasteiger partial charge < -0.3 is 34.2 Å². The van der Waals surface area contributed by atoms with Gasteiger partial charge in [-0.05, 0) is 128 Å². The summed E-state index contributed by atoms with van der Waals surface area (Å²) >= 11 is 0. The Balaban J connectivity index is 4.43. The van der Waals surface area contributed by atoms with Crippen molar-refractivity contribution in [2.75, 3.05) is 39.6 Å². The van der Waals surface area contributed by atoms with E-state index in [1.165, 1.54) is 135 Å². The summed E-state index contributed by atoms with van der Waals surface area (Å²) in [5.41, 5.74) is 0. The molecule has 0 aliphatic rings. The fourth-order valence-electron chi connectivity index (χ4n) is 10.9. The Hall–Kier alpha value is -4.05. The average Bonchev–Trinajstić information content (AvgIpc) is 0.912. The lowest BCUT2D eigenvalue weighted by Gasteiger charge is -2.21. The van der Waals surface area contributed by atoms with Gasteiger partial charge in [0.05, 0.1) is 26.4 Å². The van der Waals surface area contributed by atoms with Crippen LogP contribution in [0.25, 0.3) is 0 Å². The maximum absolute atomic E-state index is 12.9. The molecule has 5 atom stereocenters. The van der Waals surface area contributed by atoms with Crippen LogP contribution >= 0.6 is 15.6 Å². The molecule has 0 saturated heterocycles. The monoisotopic (exact) mass is 1490 g/mol. The summed E-state index contributed by atoms with van der Waals surface area (Å²) in [6.45, 7) is 2.51. The molecule has 0 radical (unpaired) electrons. The van der Waals surface area contributed by atoms with Crippen molar-refractivity contribution in [1.29, 1.82) is 0 Å². The third-order valence-corrected chi connectivity index (χ3v) is 19.0. The highest BCUT2D eigenvalue weighted by Crippen LogP contribution is 2.45. The Labute approximate surface area is 627 Å². The minimum atomic E-state index is -4.93. The van der Waals surface area contributed by atoms with Crippen LogP contribution in [0.1, 0.15) is 342 Å². The number of hydrogen-bond donors (Lipinski definition) is 4. The van der Waals surface area contributed by atoms with Crippen molar-refractivity contribution in [3.05, 3.63) is 122 Å². The Morgan fingerprint density at radius 1 is 0.282 bits per heavy atom. The highest BCUT2D eigenvalue weighted by Gasteiger charge is 2.29. The molecule has 0 spiro atoms. The first-order valence-corrected chi connectivity index (χ1v) is 43.8. The maximum atomic E-state index is 12.9. The van der Waals surface area contributed by atoms with Gasteiger partial charge in [-0.1, -0.05) is 316 Å². The number of ether oxygens (including phenoxy) is 3. The summed E-state index contributed by atoms with van der Waals surface area (Å²) in [4.78, 5) is 58.6. The second-order valence-corrected chi connectivity index (χ2v) is 30.1. The number of hydrogen-bond acceptors (Lipinski definition) is 14. The van der Waals surface area contributed by atoms with Crippen molar-refractivity contribution < 1.29 is 75.8 Å². The van der Waals surface area contributed by atoms with Crippen LogP contribution in [0, 0.1) is 0 Å². The molecule has 0 aromatic rings. The molecule has 18 heteroatoms. The van der Waals surface area contributed by atoms with Gasteiger partial charge in [0, 0.05) is 19.3 Å². The number of phosphoric acid groups is 2. The molecule has 0 aliphatic carbocycles. The first-order chi connectivity index (χ1) is 50.2. The first-order valence-electron chi connectivity index (χ1n) is 40.8. The van der Waals surface area contributed by atoms with Crippen LogP contribution in [0.5, 0.6) is 0 Å². The number of aliphatic hydroxyl groups is 2. The van der Waals surface area contributed by atoms with Crippen LogP contribution in [0.3, 0.4) is 0 Å². The van der Waals surface area contributed by atoms with Crippen LogP contribution in [0.15, 0.2) is 122 Å². The minimum Gasteiger partial charge on any atom is -0.463 e. The van der Waals surface area contributed by atoms with Crippen molar-refractivity contribution in [1.82, 2.24) is 0 Å². The summed E-state index contributed by atoms with van der Waals surface area (Å²) in [6, 6.07) is 0. The molecule has 0 saturated carbocycles. The Morgan fingerprint density at radius 3 is 0.854 bits per heavy atom. The molecule has 0 aromatic carbocycles. The molecule has 0 fully saturated rings. The smallest absolute Gasteiger partial charge is 0.463 e. The highest BCUT2D eigenvalue weighted by molar-refractivity contribution is 7.47. The fraction of sp³-hybridized carbons (Fsp3) is 0.729. The van der Waals surface area contributed by atoms with Crippen molar-refractivity contribution in [2.24, 2.45) is 0 Å². The largest absolute Gasteiger partial charge is 0.472 e. The van der Waals surface area contributed by atoms with Crippen LogP contribution in [-0.4, -0.2) is 95.9 Å². The lowest BCUT2D eigenvalue weighted by atomic mass is 10.0. The number of allylic oxidation sites excluding steroid dienone is 20. The van der Waals surface area contributed by atoms with E-state index in [0.717, 1.165) is 148 Å². The van der Waals surface area contributed by atoms with Crippen molar-refractivity contribution in [3.8, 4) is 0 Å². The Morgan fingerprint density at radius 2 is 0.524 bits per heavy atom. The normalized spacial score (nSPS) is 14.6. The first kappa shape index (κ1) is 98.9. The molecular formula is C85H148O16P2. The van der Waals surface area contributed by atoms with E-state index in [9.17, 15) is 43.5 Å². The SMILES string of the molecule is CC/C=C\C/C=C\C/C=C\C/C=C\C/C=C\CCCCCCCCCCCCCC(=O)OCC(COP(=O)(O)OCC(O)COP(=O)(O)OCC(O)COC(=O)CCCCCCCCCCCCCCC/C=C\C/C=C\C/C=C\C/C=C\CCCCC)OC(=O)CCCCCCC/C=C\CCCC. The van der Waals surface area contributed by atoms with Gasteiger partial charge in [0.25, 0.3) is 0 Å². The lowest BCUT2D eigenvalue weighted by Crippen LogP contribution is -2.30. The van der Waals surface area contributed by atoms with E-state index in [2.05, 4.69) is 142 Å². The van der Waals surface area contributed by atoms with Gasteiger partial charge in [-0.15, -0.1) is 0 Å². The van der Waals surface area contributed by atoms with Gasteiger partial charge in [0.2, 0.25) is 0 Å². The van der Waals surface area contributed by atoms with E-state index in [-0.39, 0.29) is 19.3 Å². The predicted molar refractivity (Wildman–Crippen MR) is 427 cm³/mol. The summed E-state index contributed by atoms with van der Waals surface area (Å²) in [5.74, 6) is -1.58. The van der Waals surface area contributed by atoms with E-state index in [1.807, 2.05) is 0 Å². The van der Waals surface area contributed by atoms with Gasteiger partial charge in [-0.25, -0.2) is 9.13 Å². The fourth-order valence-corrected chi connectivity index (χ4v) is 12.5. The van der Waals surface area contributed by atoms with Gasteiger partial charge in [0.15, 0.2) is 6.10 Å². The van der Waals surface area contributed by atoms with Crippen LogP contribution in [0.4, 0.5) is 0 Å². The van der Waals surface area contributed by atoms with Gasteiger partial charge >= 0.3 is 33.6 Å². The quantitative estimate of drug-likeness (QED) is 0.0146. The number of rotatable bonds is 77. The second-order valence-electron chi connectivity index (χ2n) is 27.2. The highest BCUT2D eigenvalue weighted by atomic mass is 31.2. The number of carbonyl (C=O) groups is 3. The van der Waals surface area contributed by atoms with E-state index in [4.69, 9.17) is 32.3 Å². The molecule has 5 unspecified atom stereocenters. The van der Waals surface area contributed by atoms with Gasteiger partial charge in [-0.3, -0.25) is 32.5 Å². The molecule has 594 valence electrons. The molecular weight excluding hydrogens is 1340 g/mol. The van der Waals surface area contributed by atoms with Crippen molar-refractivity contribution in [2.45, 2.75) is 360 Å². The number of esters is 3. The Kier molecular flexibility index (Phi) is 74.5. The molecule has 0 bridgehead atoms. The number of unbranched alkanes of at least 4 members (excludes halogenated alkanes) is 34. The predicted octanol–water partition coefficient (Wildman–Crippen LogP) is 24.1. The third kappa shape index (κ3) is 78.8. The topological polar surface area (TPSA) is 231 Å². The number of carbonyl (C=O) groups excluding carboxylic acids is 3. The van der Waals surface area contributed by atoms with Crippen LogP contribution < -0.4 is 0 Å². The maximum Gasteiger partial charge on any atom is 0.472 e. The van der Waals surface area contributed by atoms with Crippen LogP contribution in [-0.2, 0) is 55.8 Å². The van der Waals surface area contributed by atoms with Gasteiger partial charge in [-0.2, -0.15) is 0 Å². The molecule has 0 rings (SSSR count). The second kappa shape index (κ2) is 77.6. The number of aliphatic hydroxyl groups excluding tert-OH is 2. The van der Waals surface area contributed by atoms with E-state index < -0.39 is 91.5 Å². The summed E-state index contributed by atoms with van der Waals surface area (Å²) in [6.07, 6.45) is 92.6. The molecule has 103 heavy (non-hydrogen) atoms. The third-order valence-electron chi connectivity index (χ3n) is 17.1. The summed E-state index contributed by atoms with van der Waals surface area (Å²) < 4.78 is 61.1. The Bertz CT molecular complexity index is 2360. The zero-order chi connectivity index (χ0) is 75.2. The van der Waals surface area contributed by atoms with E-state index >= 15 is 0 Å². The zero-order valence-electron chi connectivity index (χ0n) is 65.0. The molecule has 0 aromatic heterocycles. The average molecular weight is 1490 g/mol. The molecule has 0 aliphatic heterocycles. The van der Waals surface area contributed by atoms with Gasteiger partial charge in [0.1, 0.15) is 25.4 Å². The standard InChI is InChI=1S/C85H148O16P2/c1-4-7-10-13-16-19-22-24-26-28-30-32-34-36-38-39-41-43-44-46-48-50-52-54-57-59-62-65-68-71-83(88)95-74-80(86)75-97-102(91,92)98-76-81(87)77-99-103(93,94)100-79-82(101-85(90)73-70-67-64-61-56-21-18-15-12-9-6-3)78-96-84(89)72-69-66-63-60-58-55-53-51-49-47-45-42-40-37-35-33-31-29-27-25-23-20-17-14-11-8-5-2/h8,11,15-20,24-27,30-33,36-38,40,80-82,86-87H,4-7,9-10,12-14,21-23,28-29,34-35,39,41-79H2,1-3H3,(H,91,92)(H,93,94)/b11-8-,18-15-,19-16-,20-17-,26-24-,27-25-,32-30-,33-31-,38-36-,40-37-. The molecule has 0 heterocycles. The zero-order valence-corrected chi connectivity index (χ0v) is 66.7. The van der Waals surface area contributed by atoms with Crippen LogP contribution in [0.2, 0.25) is 0 Å². The summed E-state index contributed by atoms with van der Waals surface area (Å²) in [5, 5.41) is 20.6. The molecule has 0 amide bonds. The van der Waals surface area contributed by atoms with E-state index in [0.29, 0.717) is 19.3 Å². The lowest BCUT2D eigenvalue weighted by molar-refractivity contribution is -0.161. The van der Waals surface area contributed by atoms with Crippen molar-refractivity contribution >= 4 is 33.6 Å². The molecule has 4 N–H and O–H groups in total.